The maximum atomic E-state index is 12.9. The van der Waals surface area contributed by atoms with Crippen molar-refractivity contribution < 1.29 is 9.18 Å². The van der Waals surface area contributed by atoms with Gasteiger partial charge < -0.3 is 10.6 Å². The van der Waals surface area contributed by atoms with Crippen LogP contribution in [0.2, 0.25) is 0 Å². The van der Waals surface area contributed by atoms with Gasteiger partial charge in [0.25, 0.3) is 0 Å². The highest BCUT2D eigenvalue weighted by molar-refractivity contribution is 5.82. The molecular formula is C11H19FN2O. The van der Waals surface area contributed by atoms with Gasteiger partial charge in [-0.2, -0.15) is 0 Å². The van der Waals surface area contributed by atoms with Gasteiger partial charge in [-0.05, 0) is 18.8 Å². The zero-order valence-corrected chi connectivity index (χ0v) is 9.13. The third-order valence-electron chi connectivity index (χ3n) is 3.58. The van der Waals surface area contributed by atoms with Crippen molar-refractivity contribution in [3.63, 3.8) is 0 Å². The molecule has 2 unspecified atom stereocenters. The summed E-state index contributed by atoms with van der Waals surface area (Å²) in [7, 11) is 0. The van der Waals surface area contributed by atoms with Crippen molar-refractivity contribution in [1.29, 1.82) is 0 Å². The molecule has 1 aliphatic heterocycles. The van der Waals surface area contributed by atoms with Gasteiger partial charge >= 0.3 is 0 Å². The van der Waals surface area contributed by atoms with Gasteiger partial charge in [-0.1, -0.05) is 13.3 Å². The van der Waals surface area contributed by atoms with Gasteiger partial charge in [0.1, 0.15) is 6.17 Å². The van der Waals surface area contributed by atoms with Gasteiger partial charge in [0.05, 0.1) is 6.04 Å². The summed E-state index contributed by atoms with van der Waals surface area (Å²) in [4.78, 5) is 11.8. The molecule has 3 nitrogen and oxygen atoms in total. The third-order valence-corrected chi connectivity index (χ3v) is 3.58. The van der Waals surface area contributed by atoms with Crippen molar-refractivity contribution in [2.24, 2.45) is 5.92 Å². The molecule has 0 aromatic heterocycles. The van der Waals surface area contributed by atoms with E-state index in [0.717, 1.165) is 6.42 Å². The lowest BCUT2D eigenvalue weighted by Crippen LogP contribution is -2.46. The number of rotatable bonds is 2. The van der Waals surface area contributed by atoms with Crippen LogP contribution in [0, 0.1) is 5.92 Å². The van der Waals surface area contributed by atoms with E-state index in [4.69, 9.17) is 0 Å². The second-order valence-electron chi connectivity index (χ2n) is 4.82. The Hall–Kier alpha value is -0.640. The number of hydrogen-bond acceptors (Lipinski definition) is 2. The number of carbonyl (C=O) groups is 1. The molecule has 2 N–H and O–H groups in total. The van der Waals surface area contributed by atoms with Crippen LogP contribution in [0.3, 0.4) is 0 Å². The lowest BCUT2D eigenvalue weighted by atomic mass is 10.1. The second kappa shape index (κ2) is 4.47. The fraction of sp³-hybridized carbons (Fsp3) is 0.909. The fourth-order valence-corrected chi connectivity index (χ4v) is 2.54. The molecule has 0 radical (unpaired) electrons. The minimum absolute atomic E-state index is 0.0195. The van der Waals surface area contributed by atoms with E-state index in [0.29, 0.717) is 24.9 Å². The minimum Gasteiger partial charge on any atom is -0.352 e. The number of hydrogen-bond donors (Lipinski definition) is 2. The van der Waals surface area contributed by atoms with Crippen molar-refractivity contribution in [2.45, 2.75) is 50.9 Å². The third kappa shape index (κ3) is 2.48. The van der Waals surface area contributed by atoms with E-state index >= 15 is 0 Å². The number of halogens is 1. The summed E-state index contributed by atoms with van der Waals surface area (Å²) in [5.41, 5.74) is 0. The van der Waals surface area contributed by atoms with E-state index in [2.05, 4.69) is 17.6 Å². The Morgan fingerprint density at radius 3 is 2.80 bits per heavy atom. The average molecular weight is 214 g/mol. The second-order valence-corrected chi connectivity index (χ2v) is 4.82. The molecule has 1 heterocycles. The van der Waals surface area contributed by atoms with E-state index in [1.165, 1.54) is 12.8 Å². The van der Waals surface area contributed by atoms with E-state index in [1.54, 1.807) is 0 Å². The van der Waals surface area contributed by atoms with Crippen LogP contribution >= 0.6 is 0 Å². The van der Waals surface area contributed by atoms with Gasteiger partial charge in [0.2, 0.25) is 5.91 Å². The summed E-state index contributed by atoms with van der Waals surface area (Å²) in [5.74, 6) is 0.547. The number of alkyl halides is 1. The van der Waals surface area contributed by atoms with Gasteiger partial charge in [0.15, 0.2) is 0 Å². The standard InChI is InChI=1S/C11H19FN2O/c1-7-3-2-4-9(7)14-11(15)10-5-8(12)6-13-10/h7-10,13H,2-6H2,1H3,(H,14,15)/t7?,8-,9?,10+/m0/s1. The molecule has 1 saturated heterocycles. The Labute approximate surface area is 89.8 Å². The molecule has 0 bridgehead atoms. The highest BCUT2D eigenvalue weighted by Crippen LogP contribution is 2.25. The predicted molar refractivity (Wildman–Crippen MR) is 56.2 cm³/mol. The van der Waals surface area contributed by atoms with Crippen LogP contribution in [0.25, 0.3) is 0 Å². The van der Waals surface area contributed by atoms with Crippen molar-refractivity contribution in [2.75, 3.05) is 6.54 Å². The lowest BCUT2D eigenvalue weighted by Gasteiger charge is -2.19. The van der Waals surface area contributed by atoms with Gasteiger partial charge in [0, 0.05) is 19.0 Å². The van der Waals surface area contributed by atoms with Crippen molar-refractivity contribution >= 4 is 5.91 Å². The SMILES string of the molecule is CC1CCCC1NC(=O)[C@H]1C[C@H](F)CN1. The number of nitrogens with one attached hydrogen (secondary N) is 2. The molecule has 4 heteroatoms. The summed E-state index contributed by atoms with van der Waals surface area (Å²) in [6, 6.07) is -0.00855. The minimum atomic E-state index is -0.859. The predicted octanol–water partition coefficient (Wildman–Crippen LogP) is 0.991. The first-order valence-electron chi connectivity index (χ1n) is 5.84. The molecule has 2 fully saturated rings. The zero-order chi connectivity index (χ0) is 10.8. The normalized spacial score (nSPS) is 40.7. The summed E-state index contributed by atoms with van der Waals surface area (Å²) >= 11 is 0. The first kappa shape index (κ1) is 10.9. The van der Waals surface area contributed by atoms with Crippen LogP contribution in [-0.4, -0.2) is 30.7 Å². The van der Waals surface area contributed by atoms with Crippen molar-refractivity contribution in [3.8, 4) is 0 Å². The van der Waals surface area contributed by atoms with Crippen LogP contribution in [0.4, 0.5) is 4.39 Å². The molecule has 2 rings (SSSR count). The quantitative estimate of drug-likeness (QED) is 0.719. The Morgan fingerprint density at radius 1 is 1.47 bits per heavy atom. The van der Waals surface area contributed by atoms with Crippen LogP contribution < -0.4 is 10.6 Å². The van der Waals surface area contributed by atoms with E-state index in [-0.39, 0.29) is 11.9 Å². The Bertz CT molecular complexity index is 247. The largest absolute Gasteiger partial charge is 0.352 e. The molecule has 2 aliphatic rings. The highest BCUT2D eigenvalue weighted by Gasteiger charge is 2.32. The molecule has 1 saturated carbocycles. The summed E-state index contributed by atoms with van der Waals surface area (Å²) in [5, 5.41) is 5.93. The topological polar surface area (TPSA) is 41.1 Å². The maximum Gasteiger partial charge on any atom is 0.237 e. The van der Waals surface area contributed by atoms with Gasteiger partial charge in [-0.15, -0.1) is 0 Å². The molecule has 86 valence electrons. The average Bonchev–Trinajstić information content (AvgIpc) is 2.77. The number of carbonyl (C=O) groups excluding carboxylic acids is 1. The monoisotopic (exact) mass is 214 g/mol. The summed E-state index contributed by atoms with van der Waals surface area (Å²) in [6.45, 7) is 2.48. The van der Waals surface area contributed by atoms with Crippen molar-refractivity contribution in [1.82, 2.24) is 10.6 Å². The molecule has 1 amide bonds. The van der Waals surface area contributed by atoms with Crippen molar-refractivity contribution in [3.05, 3.63) is 0 Å². The smallest absolute Gasteiger partial charge is 0.237 e. The Morgan fingerprint density at radius 2 is 2.27 bits per heavy atom. The summed E-state index contributed by atoms with van der Waals surface area (Å²) in [6.07, 6.45) is 2.91. The number of amides is 1. The zero-order valence-electron chi connectivity index (χ0n) is 9.13. The molecule has 0 aromatic carbocycles. The first-order valence-corrected chi connectivity index (χ1v) is 5.84. The van der Waals surface area contributed by atoms with E-state index in [1.807, 2.05) is 0 Å². The fourth-order valence-electron chi connectivity index (χ4n) is 2.54. The molecule has 0 aromatic rings. The first-order chi connectivity index (χ1) is 7.16. The van der Waals surface area contributed by atoms with Crippen LogP contribution in [0.5, 0.6) is 0 Å². The van der Waals surface area contributed by atoms with Gasteiger partial charge in [-0.25, -0.2) is 4.39 Å². The van der Waals surface area contributed by atoms with Crippen LogP contribution in [0.1, 0.15) is 32.6 Å². The molecule has 4 atom stereocenters. The van der Waals surface area contributed by atoms with E-state index < -0.39 is 6.17 Å². The van der Waals surface area contributed by atoms with E-state index in [9.17, 15) is 9.18 Å². The molecule has 1 aliphatic carbocycles. The molecule has 0 spiro atoms. The van der Waals surface area contributed by atoms with Crippen LogP contribution in [-0.2, 0) is 4.79 Å². The Balaban J connectivity index is 1.81. The van der Waals surface area contributed by atoms with Gasteiger partial charge in [-0.3, -0.25) is 4.79 Å². The van der Waals surface area contributed by atoms with Crippen LogP contribution in [0.15, 0.2) is 0 Å². The summed E-state index contributed by atoms with van der Waals surface area (Å²) < 4.78 is 12.9. The lowest BCUT2D eigenvalue weighted by molar-refractivity contribution is -0.123. The molecular weight excluding hydrogens is 195 g/mol. The molecule has 15 heavy (non-hydrogen) atoms. The highest BCUT2D eigenvalue weighted by atomic mass is 19.1. The maximum absolute atomic E-state index is 12.9. The Kier molecular flexibility index (Phi) is 3.24.